The van der Waals surface area contributed by atoms with Gasteiger partial charge in [-0.15, -0.1) is 0 Å². The fourth-order valence-corrected chi connectivity index (χ4v) is 4.03. The number of para-hydroxylation sites is 2. The highest BCUT2D eigenvalue weighted by molar-refractivity contribution is 5.83. The Kier molecular flexibility index (Phi) is 4.89. The Morgan fingerprint density at radius 2 is 2.00 bits per heavy atom. The van der Waals surface area contributed by atoms with Crippen LogP contribution in [0.25, 0.3) is 11.0 Å². The second kappa shape index (κ2) is 7.33. The van der Waals surface area contributed by atoms with Crippen LogP contribution in [0, 0.1) is 5.92 Å². The monoisotopic (exact) mass is 368 g/mol. The van der Waals surface area contributed by atoms with E-state index in [-0.39, 0.29) is 36.4 Å². The molecule has 0 bridgehead atoms. The normalized spacial score (nSPS) is 21.3. The summed E-state index contributed by atoms with van der Waals surface area (Å²) in [4.78, 5) is 32.0. The lowest BCUT2D eigenvalue weighted by molar-refractivity contribution is -0.135. The van der Waals surface area contributed by atoms with Gasteiger partial charge in [0.15, 0.2) is 0 Å². The fraction of sp³-hybridized carbons (Fsp3) is 0.571. The van der Waals surface area contributed by atoms with Crippen LogP contribution >= 0.6 is 0 Å². The van der Waals surface area contributed by atoms with Gasteiger partial charge in [-0.25, -0.2) is 4.98 Å². The number of carbonyl (C=O) groups excluding carboxylic acids is 2. The van der Waals surface area contributed by atoms with Crippen molar-refractivity contribution < 1.29 is 9.59 Å². The SMILES string of the molecule is CC(NC(=O)C1CC1)c1nc2ccccc2n1CC(=O)N1CCCCC1C. The molecule has 144 valence electrons. The molecule has 1 saturated heterocycles. The molecule has 0 spiro atoms. The number of benzene rings is 1. The molecule has 1 aromatic carbocycles. The molecule has 6 nitrogen and oxygen atoms in total. The lowest BCUT2D eigenvalue weighted by atomic mass is 10.0. The summed E-state index contributed by atoms with van der Waals surface area (Å²) in [5.74, 6) is 1.13. The van der Waals surface area contributed by atoms with Gasteiger partial charge in [0.25, 0.3) is 0 Å². The predicted octanol–water partition coefficient (Wildman–Crippen LogP) is 3.02. The molecule has 2 aliphatic rings. The third kappa shape index (κ3) is 3.70. The molecule has 4 rings (SSSR count). The molecule has 2 atom stereocenters. The first kappa shape index (κ1) is 18.0. The van der Waals surface area contributed by atoms with Gasteiger partial charge >= 0.3 is 0 Å². The van der Waals surface area contributed by atoms with Crippen molar-refractivity contribution in [2.75, 3.05) is 6.54 Å². The molecule has 1 N–H and O–H groups in total. The second-order valence-corrected chi connectivity index (χ2v) is 7.98. The zero-order valence-electron chi connectivity index (χ0n) is 16.1. The van der Waals surface area contributed by atoms with Crippen molar-refractivity contribution >= 4 is 22.8 Å². The zero-order chi connectivity index (χ0) is 19.0. The minimum absolute atomic E-state index is 0.0945. The quantitative estimate of drug-likeness (QED) is 0.882. The molecular weight excluding hydrogens is 340 g/mol. The predicted molar refractivity (Wildman–Crippen MR) is 104 cm³/mol. The van der Waals surface area contributed by atoms with Gasteiger partial charge in [-0.05, 0) is 58.1 Å². The number of likely N-dealkylation sites (tertiary alicyclic amines) is 1. The van der Waals surface area contributed by atoms with Crippen molar-refractivity contribution in [3.05, 3.63) is 30.1 Å². The van der Waals surface area contributed by atoms with Crippen molar-refractivity contribution in [3.8, 4) is 0 Å². The first-order valence-corrected chi connectivity index (χ1v) is 10.1. The summed E-state index contributed by atoms with van der Waals surface area (Å²) in [5.41, 5.74) is 1.80. The maximum absolute atomic E-state index is 13.0. The topological polar surface area (TPSA) is 67.2 Å². The van der Waals surface area contributed by atoms with E-state index >= 15 is 0 Å². The van der Waals surface area contributed by atoms with E-state index < -0.39 is 0 Å². The third-order valence-corrected chi connectivity index (χ3v) is 5.79. The van der Waals surface area contributed by atoms with Gasteiger partial charge in [0, 0.05) is 18.5 Å². The molecule has 6 heteroatoms. The Morgan fingerprint density at radius 1 is 1.22 bits per heavy atom. The summed E-state index contributed by atoms with van der Waals surface area (Å²) < 4.78 is 1.98. The summed E-state index contributed by atoms with van der Waals surface area (Å²) >= 11 is 0. The number of hydrogen-bond acceptors (Lipinski definition) is 3. The minimum Gasteiger partial charge on any atom is -0.346 e. The van der Waals surface area contributed by atoms with Crippen LogP contribution in [0.1, 0.15) is 57.8 Å². The number of aromatic nitrogens is 2. The molecule has 2 fully saturated rings. The molecule has 2 aromatic rings. The molecule has 1 aliphatic carbocycles. The average Bonchev–Trinajstić information content (AvgIpc) is 3.45. The van der Waals surface area contributed by atoms with E-state index in [1.807, 2.05) is 40.7 Å². The van der Waals surface area contributed by atoms with Gasteiger partial charge in [-0.2, -0.15) is 0 Å². The first-order chi connectivity index (χ1) is 13.0. The minimum atomic E-state index is -0.225. The third-order valence-electron chi connectivity index (χ3n) is 5.79. The highest BCUT2D eigenvalue weighted by Gasteiger charge is 2.32. The summed E-state index contributed by atoms with van der Waals surface area (Å²) in [6, 6.07) is 7.93. The van der Waals surface area contributed by atoms with E-state index in [1.165, 1.54) is 6.42 Å². The maximum Gasteiger partial charge on any atom is 0.242 e. The van der Waals surface area contributed by atoms with Crippen LogP contribution in [-0.4, -0.2) is 38.9 Å². The zero-order valence-corrected chi connectivity index (χ0v) is 16.1. The Bertz CT molecular complexity index is 855. The largest absolute Gasteiger partial charge is 0.346 e. The van der Waals surface area contributed by atoms with Crippen molar-refractivity contribution in [1.82, 2.24) is 19.8 Å². The average molecular weight is 368 g/mol. The number of fused-ring (bicyclic) bond motifs is 1. The molecule has 1 aromatic heterocycles. The second-order valence-electron chi connectivity index (χ2n) is 7.98. The van der Waals surface area contributed by atoms with E-state index in [0.717, 1.165) is 49.1 Å². The molecule has 2 heterocycles. The van der Waals surface area contributed by atoms with E-state index in [4.69, 9.17) is 4.98 Å². The number of carbonyl (C=O) groups is 2. The molecular formula is C21H28N4O2. The molecule has 1 saturated carbocycles. The first-order valence-electron chi connectivity index (χ1n) is 10.1. The van der Waals surface area contributed by atoms with Crippen molar-refractivity contribution in [2.24, 2.45) is 5.92 Å². The summed E-state index contributed by atoms with van der Waals surface area (Å²) in [5, 5.41) is 3.07. The number of amides is 2. The van der Waals surface area contributed by atoms with Gasteiger partial charge in [-0.3, -0.25) is 9.59 Å². The lowest BCUT2D eigenvalue weighted by Crippen LogP contribution is -2.44. The molecule has 27 heavy (non-hydrogen) atoms. The summed E-state index contributed by atoms with van der Waals surface area (Å²) in [7, 11) is 0. The molecule has 1 aliphatic heterocycles. The van der Waals surface area contributed by atoms with Gasteiger partial charge in [0.1, 0.15) is 12.4 Å². The van der Waals surface area contributed by atoms with E-state index in [1.54, 1.807) is 0 Å². The van der Waals surface area contributed by atoms with Gasteiger partial charge < -0.3 is 14.8 Å². The number of nitrogens with zero attached hydrogens (tertiary/aromatic N) is 3. The highest BCUT2D eigenvalue weighted by Crippen LogP contribution is 2.30. The van der Waals surface area contributed by atoms with Crippen LogP contribution in [0.4, 0.5) is 0 Å². The van der Waals surface area contributed by atoms with Crippen LogP contribution in [0.3, 0.4) is 0 Å². The standard InChI is InChI=1S/C21H28N4O2/c1-14-7-5-6-12-24(14)19(26)13-25-18-9-4-3-8-17(18)23-20(25)15(2)22-21(27)16-10-11-16/h3-4,8-9,14-16H,5-7,10-13H2,1-2H3,(H,22,27). The number of piperidine rings is 1. The van der Waals surface area contributed by atoms with E-state index in [2.05, 4.69) is 12.2 Å². The van der Waals surface area contributed by atoms with Crippen LogP contribution in [-0.2, 0) is 16.1 Å². The number of hydrogen-bond donors (Lipinski definition) is 1. The number of rotatable bonds is 5. The van der Waals surface area contributed by atoms with Gasteiger partial charge in [-0.1, -0.05) is 12.1 Å². The number of imidazole rings is 1. The Labute approximate surface area is 159 Å². The van der Waals surface area contributed by atoms with E-state index in [0.29, 0.717) is 0 Å². The van der Waals surface area contributed by atoms with Crippen LogP contribution in [0.5, 0.6) is 0 Å². The van der Waals surface area contributed by atoms with Crippen molar-refractivity contribution in [2.45, 2.75) is 64.6 Å². The smallest absolute Gasteiger partial charge is 0.242 e. The van der Waals surface area contributed by atoms with Gasteiger partial charge in [0.05, 0.1) is 17.1 Å². The Balaban J connectivity index is 1.61. The molecule has 2 unspecified atom stereocenters. The number of nitrogens with one attached hydrogen (secondary N) is 1. The molecule has 0 radical (unpaired) electrons. The fourth-order valence-electron chi connectivity index (χ4n) is 4.03. The Morgan fingerprint density at radius 3 is 2.74 bits per heavy atom. The Hall–Kier alpha value is -2.37. The maximum atomic E-state index is 13.0. The van der Waals surface area contributed by atoms with Crippen molar-refractivity contribution in [3.63, 3.8) is 0 Å². The molecule has 2 amide bonds. The van der Waals surface area contributed by atoms with Crippen LogP contribution in [0.15, 0.2) is 24.3 Å². The van der Waals surface area contributed by atoms with E-state index in [9.17, 15) is 9.59 Å². The lowest BCUT2D eigenvalue weighted by Gasteiger charge is -2.33. The van der Waals surface area contributed by atoms with Crippen LogP contribution < -0.4 is 5.32 Å². The highest BCUT2D eigenvalue weighted by atomic mass is 16.2. The van der Waals surface area contributed by atoms with Crippen molar-refractivity contribution in [1.29, 1.82) is 0 Å². The van der Waals surface area contributed by atoms with Gasteiger partial charge in [0.2, 0.25) is 11.8 Å². The van der Waals surface area contributed by atoms with Crippen LogP contribution in [0.2, 0.25) is 0 Å². The summed E-state index contributed by atoms with van der Waals surface area (Å²) in [6.45, 7) is 5.17. The summed E-state index contributed by atoms with van der Waals surface area (Å²) in [6.07, 6.45) is 5.27.